The number of thiazole rings is 1. The van der Waals surface area contributed by atoms with Crippen molar-refractivity contribution in [3.05, 3.63) is 52.3 Å². The van der Waals surface area contributed by atoms with Crippen LogP contribution in [0.4, 0.5) is 0 Å². The first kappa shape index (κ1) is 22.1. The minimum absolute atomic E-state index is 0.189. The summed E-state index contributed by atoms with van der Waals surface area (Å²) in [5.74, 6) is 0.437. The fourth-order valence-electron chi connectivity index (χ4n) is 2.76. The number of aryl methyl sites for hydroxylation is 1. The molecule has 0 aliphatic rings. The summed E-state index contributed by atoms with van der Waals surface area (Å²) >= 11 is 8.81. The minimum Gasteiger partial charge on any atom is -0.316 e. The van der Waals surface area contributed by atoms with Crippen LogP contribution < -0.4 is 4.80 Å². The van der Waals surface area contributed by atoms with Crippen LogP contribution in [0.15, 0.2) is 57.2 Å². The molecule has 0 unspecified atom stereocenters. The van der Waals surface area contributed by atoms with Crippen LogP contribution in [0.25, 0.3) is 10.2 Å². The van der Waals surface area contributed by atoms with Crippen LogP contribution in [0.5, 0.6) is 0 Å². The van der Waals surface area contributed by atoms with E-state index in [4.69, 9.17) is 11.6 Å². The number of sulfone groups is 1. The van der Waals surface area contributed by atoms with Crippen LogP contribution in [0.1, 0.15) is 19.8 Å². The first-order valence-electron chi connectivity index (χ1n) is 9.07. The molecule has 1 heterocycles. The van der Waals surface area contributed by atoms with Gasteiger partial charge in [0.05, 0.1) is 15.1 Å². The van der Waals surface area contributed by atoms with Crippen molar-refractivity contribution < 1.29 is 13.2 Å². The van der Waals surface area contributed by atoms with Gasteiger partial charge in [0.1, 0.15) is 0 Å². The third-order valence-electron chi connectivity index (χ3n) is 4.15. The predicted molar refractivity (Wildman–Crippen MR) is 121 cm³/mol. The molecule has 0 atom stereocenters. The van der Waals surface area contributed by atoms with Crippen LogP contribution in [-0.2, 0) is 21.2 Å². The van der Waals surface area contributed by atoms with Gasteiger partial charge in [-0.25, -0.2) is 8.42 Å². The Balaban J connectivity index is 1.82. The van der Waals surface area contributed by atoms with E-state index in [1.165, 1.54) is 17.6 Å². The Morgan fingerprint density at radius 3 is 2.59 bits per heavy atom. The number of hydrogen-bond donors (Lipinski definition) is 0. The molecule has 0 fully saturated rings. The first-order valence-corrected chi connectivity index (χ1v) is 13.1. The van der Waals surface area contributed by atoms with Gasteiger partial charge in [-0.15, -0.1) is 11.8 Å². The smallest absolute Gasteiger partial charge is 0.249 e. The van der Waals surface area contributed by atoms with Gasteiger partial charge in [0.2, 0.25) is 5.91 Å². The Bertz CT molecular complexity index is 1200. The first-order chi connectivity index (χ1) is 13.8. The second kappa shape index (κ2) is 9.47. The van der Waals surface area contributed by atoms with E-state index >= 15 is 0 Å². The van der Waals surface area contributed by atoms with Crippen LogP contribution in [0.2, 0.25) is 5.02 Å². The number of benzene rings is 2. The molecule has 3 aromatic rings. The van der Waals surface area contributed by atoms with Crippen molar-refractivity contribution in [1.82, 2.24) is 4.57 Å². The number of fused-ring (bicyclic) bond motifs is 1. The Morgan fingerprint density at radius 2 is 1.93 bits per heavy atom. The van der Waals surface area contributed by atoms with Crippen molar-refractivity contribution in [2.75, 3.05) is 12.0 Å². The van der Waals surface area contributed by atoms with Gasteiger partial charge in [-0.2, -0.15) is 4.99 Å². The van der Waals surface area contributed by atoms with E-state index in [-0.39, 0.29) is 10.8 Å². The van der Waals surface area contributed by atoms with E-state index in [9.17, 15) is 13.2 Å². The molecule has 0 radical (unpaired) electrons. The average Bonchev–Trinajstić information content (AvgIpc) is 2.99. The van der Waals surface area contributed by atoms with Crippen molar-refractivity contribution in [3.8, 4) is 0 Å². The normalized spacial score (nSPS) is 12.6. The molecular weight excluding hydrogens is 448 g/mol. The number of hydrogen-bond acceptors (Lipinski definition) is 5. The monoisotopic (exact) mass is 468 g/mol. The lowest BCUT2D eigenvalue weighted by atomic mass is 10.3. The zero-order chi connectivity index (χ0) is 21.0. The molecule has 0 aliphatic carbocycles. The molecule has 0 N–H and O–H groups in total. The van der Waals surface area contributed by atoms with Gasteiger partial charge in [0.25, 0.3) is 0 Å². The third kappa shape index (κ3) is 5.72. The molecule has 3 rings (SSSR count). The van der Waals surface area contributed by atoms with Crippen LogP contribution in [0, 0.1) is 0 Å². The van der Waals surface area contributed by atoms with Crippen molar-refractivity contribution in [2.45, 2.75) is 36.1 Å². The quantitative estimate of drug-likeness (QED) is 0.468. The zero-order valence-electron chi connectivity index (χ0n) is 16.1. The van der Waals surface area contributed by atoms with E-state index in [2.05, 4.69) is 11.9 Å². The SMILES string of the molecule is CCCn1c(=NC(=O)CCSc2ccc(Cl)cc2)sc2cc(S(C)(=O)=O)ccc21. The van der Waals surface area contributed by atoms with Gasteiger partial charge in [0.15, 0.2) is 14.6 Å². The highest BCUT2D eigenvalue weighted by molar-refractivity contribution is 7.99. The number of halogens is 1. The molecule has 0 spiro atoms. The highest BCUT2D eigenvalue weighted by Gasteiger charge is 2.12. The second-order valence-corrected chi connectivity index (χ2v) is 11.1. The van der Waals surface area contributed by atoms with E-state index < -0.39 is 9.84 Å². The second-order valence-electron chi connectivity index (χ2n) is 6.50. The maximum absolute atomic E-state index is 12.4. The lowest BCUT2D eigenvalue weighted by Crippen LogP contribution is -2.17. The summed E-state index contributed by atoms with van der Waals surface area (Å²) in [7, 11) is -3.29. The Morgan fingerprint density at radius 1 is 1.21 bits per heavy atom. The molecule has 0 saturated carbocycles. The van der Waals surface area contributed by atoms with Crippen LogP contribution in [-0.4, -0.2) is 30.9 Å². The lowest BCUT2D eigenvalue weighted by molar-refractivity contribution is -0.117. The van der Waals surface area contributed by atoms with E-state index in [0.717, 1.165) is 21.5 Å². The summed E-state index contributed by atoms with van der Waals surface area (Å²) in [6.07, 6.45) is 2.39. The number of rotatable bonds is 7. The van der Waals surface area contributed by atoms with Gasteiger partial charge in [-0.3, -0.25) is 4.79 Å². The van der Waals surface area contributed by atoms with E-state index in [0.29, 0.717) is 28.5 Å². The number of thioether (sulfide) groups is 1. The van der Waals surface area contributed by atoms with Gasteiger partial charge in [0, 0.05) is 34.9 Å². The number of carbonyl (C=O) groups is 1. The summed E-state index contributed by atoms with van der Waals surface area (Å²) in [4.78, 5) is 18.7. The highest BCUT2D eigenvalue weighted by atomic mass is 35.5. The minimum atomic E-state index is -3.29. The van der Waals surface area contributed by atoms with E-state index in [1.807, 2.05) is 28.8 Å². The molecule has 2 aromatic carbocycles. The maximum Gasteiger partial charge on any atom is 0.249 e. The Kier molecular flexibility index (Phi) is 7.21. The molecule has 0 bridgehead atoms. The summed E-state index contributed by atoms with van der Waals surface area (Å²) in [6, 6.07) is 12.5. The molecule has 29 heavy (non-hydrogen) atoms. The standard InChI is InChI=1S/C20H21ClN2O3S3/c1-3-11-23-17-9-8-16(29(2,25)26)13-18(17)28-20(23)22-19(24)10-12-27-15-6-4-14(21)5-7-15/h4-9,13H,3,10-12H2,1-2H3. The molecule has 0 saturated heterocycles. The van der Waals surface area contributed by atoms with Crippen LogP contribution >= 0.6 is 34.7 Å². The van der Waals surface area contributed by atoms with Gasteiger partial charge in [-0.1, -0.05) is 29.9 Å². The highest BCUT2D eigenvalue weighted by Crippen LogP contribution is 2.23. The number of nitrogens with zero attached hydrogens (tertiary/aromatic N) is 2. The van der Waals surface area contributed by atoms with Gasteiger partial charge >= 0.3 is 0 Å². The lowest BCUT2D eigenvalue weighted by Gasteiger charge is -2.03. The van der Waals surface area contributed by atoms with Crippen molar-refractivity contribution >= 4 is 60.7 Å². The van der Waals surface area contributed by atoms with E-state index in [1.54, 1.807) is 30.0 Å². The third-order valence-corrected chi connectivity index (χ3v) is 7.57. The largest absolute Gasteiger partial charge is 0.316 e. The predicted octanol–water partition coefficient (Wildman–Crippen LogP) is 4.78. The molecule has 1 amide bonds. The molecular formula is C20H21ClN2O3S3. The number of carbonyl (C=O) groups excluding carboxylic acids is 1. The van der Waals surface area contributed by atoms with Crippen molar-refractivity contribution in [2.24, 2.45) is 4.99 Å². The molecule has 0 aliphatic heterocycles. The summed E-state index contributed by atoms with van der Waals surface area (Å²) < 4.78 is 26.5. The van der Waals surface area contributed by atoms with Gasteiger partial charge in [-0.05, 0) is 48.9 Å². The number of aromatic nitrogens is 1. The van der Waals surface area contributed by atoms with Crippen molar-refractivity contribution in [3.63, 3.8) is 0 Å². The maximum atomic E-state index is 12.4. The fraction of sp³-hybridized carbons (Fsp3) is 0.300. The van der Waals surface area contributed by atoms with Gasteiger partial charge < -0.3 is 4.57 Å². The average molecular weight is 469 g/mol. The molecule has 5 nitrogen and oxygen atoms in total. The Hall–Kier alpha value is -1.61. The summed E-state index contributed by atoms with van der Waals surface area (Å²) in [6.45, 7) is 2.76. The summed E-state index contributed by atoms with van der Waals surface area (Å²) in [5.41, 5.74) is 0.895. The van der Waals surface area contributed by atoms with Crippen LogP contribution in [0.3, 0.4) is 0 Å². The molecule has 9 heteroatoms. The molecule has 154 valence electrons. The summed E-state index contributed by atoms with van der Waals surface area (Å²) in [5, 5.41) is 0.685. The topological polar surface area (TPSA) is 68.5 Å². The Labute approximate surface area is 183 Å². The molecule has 1 aromatic heterocycles. The zero-order valence-corrected chi connectivity index (χ0v) is 19.3. The fourth-order valence-corrected chi connectivity index (χ4v) is 5.56. The van der Waals surface area contributed by atoms with Crippen molar-refractivity contribution in [1.29, 1.82) is 0 Å². The number of amides is 1.